The van der Waals surface area contributed by atoms with Crippen molar-refractivity contribution in [3.05, 3.63) is 35.7 Å². The van der Waals surface area contributed by atoms with Crippen molar-refractivity contribution in [3.63, 3.8) is 0 Å². The molecule has 0 bridgehead atoms. The number of hydrogen-bond donors (Lipinski definition) is 0. The van der Waals surface area contributed by atoms with Gasteiger partial charge in [-0.3, -0.25) is 4.79 Å². The first kappa shape index (κ1) is 16.5. The lowest BCUT2D eigenvalue weighted by molar-refractivity contribution is 0.108. The van der Waals surface area contributed by atoms with E-state index in [0.29, 0.717) is 17.2 Å². The van der Waals surface area contributed by atoms with E-state index in [0.717, 1.165) is 6.26 Å². The van der Waals surface area contributed by atoms with Crippen molar-refractivity contribution in [1.82, 2.24) is 9.55 Å². The molecule has 0 fully saturated rings. The van der Waals surface area contributed by atoms with E-state index >= 15 is 0 Å². The minimum absolute atomic E-state index is 0.0348. The Morgan fingerprint density at radius 3 is 2.45 bits per heavy atom. The molecule has 1 aromatic carbocycles. The Labute approximate surface area is 134 Å². The quantitative estimate of drug-likeness (QED) is 0.798. The highest BCUT2D eigenvalue weighted by molar-refractivity contribution is 7.90. The zero-order chi connectivity index (χ0) is 16.7. The first-order valence-electron chi connectivity index (χ1n) is 6.38. The maximum atomic E-state index is 12.1. The van der Waals surface area contributed by atoms with Crippen LogP contribution in [0.1, 0.15) is 15.9 Å². The van der Waals surface area contributed by atoms with Gasteiger partial charge in [0.05, 0.1) is 10.6 Å². The third kappa shape index (κ3) is 3.00. The number of rotatable bonds is 4. The van der Waals surface area contributed by atoms with E-state index < -0.39 is 15.1 Å². The highest BCUT2D eigenvalue weighted by Crippen LogP contribution is 2.32. The molecule has 1 heterocycles. The van der Waals surface area contributed by atoms with Crippen LogP contribution in [0.3, 0.4) is 0 Å². The van der Waals surface area contributed by atoms with Gasteiger partial charge in [0.25, 0.3) is 5.24 Å². The number of aromatic nitrogens is 2. The maximum absolute atomic E-state index is 12.1. The van der Waals surface area contributed by atoms with Gasteiger partial charge in [0.2, 0.25) is 5.95 Å². The van der Waals surface area contributed by atoms with E-state index in [2.05, 4.69) is 4.98 Å². The average molecular weight is 342 g/mol. The van der Waals surface area contributed by atoms with Gasteiger partial charge >= 0.3 is 0 Å². The summed E-state index contributed by atoms with van der Waals surface area (Å²) in [5.74, 6) is 0.578. The van der Waals surface area contributed by atoms with Crippen LogP contribution in [0.2, 0.25) is 0 Å². The van der Waals surface area contributed by atoms with Crippen molar-refractivity contribution in [2.24, 2.45) is 7.05 Å². The SMILES string of the molecule is Cc1cc(N(C)c2nccn2C)c(S(C)(=O)=O)cc1C(=O)Cl. The highest BCUT2D eigenvalue weighted by Gasteiger charge is 2.22. The van der Waals surface area contributed by atoms with Crippen molar-refractivity contribution in [3.8, 4) is 0 Å². The molecule has 0 radical (unpaired) electrons. The van der Waals surface area contributed by atoms with Crippen LogP contribution in [-0.4, -0.2) is 36.5 Å². The number of carbonyl (C=O) groups is 1. The normalized spacial score (nSPS) is 11.5. The summed E-state index contributed by atoms with van der Waals surface area (Å²) in [4.78, 5) is 17.3. The fraction of sp³-hybridized carbons (Fsp3) is 0.286. The number of hydrogen-bond acceptors (Lipinski definition) is 5. The van der Waals surface area contributed by atoms with E-state index in [1.165, 1.54) is 6.07 Å². The summed E-state index contributed by atoms with van der Waals surface area (Å²) < 4.78 is 25.9. The van der Waals surface area contributed by atoms with Crippen LogP contribution in [-0.2, 0) is 16.9 Å². The van der Waals surface area contributed by atoms with Gasteiger partial charge in [-0.05, 0) is 36.2 Å². The molecule has 0 amide bonds. The largest absolute Gasteiger partial charge is 0.320 e. The zero-order valence-corrected chi connectivity index (χ0v) is 14.2. The molecule has 1 aromatic heterocycles. The fourth-order valence-corrected chi connectivity index (χ4v) is 3.34. The maximum Gasteiger partial charge on any atom is 0.252 e. The zero-order valence-electron chi connectivity index (χ0n) is 12.7. The summed E-state index contributed by atoms with van der Waals surface area (Å²) in [6, 6.07) is 2.94. The van der Waals surface area contributed by atoms with Crippen molar-refractivity contribution < 1.29 is 13.2 Å². The molecule has 118 valence electrons. The van der Waals surface area contributed by atoms with Crippen molar-refractivity contribution in [2.45, 2.75) is 11.8 Å². The number of anilines is 2. The van der Waals surface area contributed by atoms with Crippen LogP contribution in [0.5, 0.6) is 0 Å². The molecule has 0 saturated carbocycles. The summed E-state index contributed by atoms with van der Waals surface area (Å²) in [6.07, 6.45) is 4.47. The summed E-state index contributed by atoms with van der Waals surface area (Å²) in [5, 5.41) is -0.686. The van der Waals surface area contributed by atoms with Crippen molar-refractivity contribution in [1.29, 1.82) is 0 Å². The van der Waals surface area contributed by atoms with Crippen LogP contribution in [0.15, 0.2) is 29.4 Å². The van der Waals surface area contributed by atoms with Gasteiger partial charge in [-0.1, -0.05) is 0 Å². The van der Waals surface area contributed by atoms with E-state index in [4.69, 9.17) is 11.6 Å². The minimum Gasteiger partial charge on any atom is -0.320 e. The number of carbonyl (C=O) groups excluding carboxylic acids is 1. The summed E-state index contributed by atoms with van der Waals surface area (Å²) in [5.41, 5.74) is 1.22. The van der Waals surface area contributed by atoms with Gasteiger partial charge in [0.1, 0.15) is 0 Å². The first-order chi connectivity index (χ1) is 10.1. The number of imidazole rings is 1. The molecule has 8 heteroatoms. The Morgan fingerprint density at radius 2 is 2.00 bits per heavy atom. The van der Waals surface area contributed by atoms with Crippen LogP contribution in [0, 0.1) is 6.92 Å². The molecule has 22 heavy (non-hydrogen) atoms. The van der Waals surface area contributed by atoms with E-state index in [1.807, 2.05) is 7.05 Å². The Bertz CT molecular complexity index is 843. The molecule has 0 N–H and O–H groups in total. The van der Waals surface area contributed by atoms with Gasteiger partial charge in [0, 0.05) is 38.3 Å². The smallest absolute Gasteiger partial charge is 0.252 e. The van der Waals surface area contributed by atoms with Gasteiger partial charge in [-0.25, -0.2) is 13.4 Å². The molecule has 0 spiro atoms. The van der Waals surface area contributed by atoms with E-state index in [1.54, 1.807) is 41.9 Å². The number of sulfone groups is 1. The molecule has 0 atom stereocenters. The molecule has 0 unspecified atom stereocenters. The topological polar surface area (TPSA) is 72.3 Å². The highest BCUT2D eigenvalue weighted by atomic mass is 35.5. The molecular weight excluding hydrogens is 326 g/mol. The molecule has 0 aliphatic heterocycles. The molecule has 2 aromatic rings. The lowest BCUT2D eigenvalue weighted by Gasteiger charge is -2.22. The number of benzene rings is 1. The minimum atomic E-state index is -3.54. The predicted molar refractivity (Wildman–Crippen MR) is 85.7 cm³/mol. The fourth-order valence-electron chi connectivity index (χ4n) is 2.23. The second-order valence-electron chi connectivity index (χ2n) is 5.08. The molecular formula is C14H16ClN3O3S. The summed E-state index contributed by atoms with van der Waals surface area (Å²) >= 11 is 5.52. The van der Waals surface area contributed by atoms with E-state index in [9.17, 15) is 13.2 Å². The third-order valence-electron chi connectivity index (χ3n) is 3.37. The second kappa shape index (κ2) is 5.73. The van der Waals surface area contributed by atoms with Crippen LogP contribution < -0.4 is 4.90 Å². The first-order valence-corrected chi connectivity index (χ1v) is 8.65. The van der Waals surface area contributed by atoms with Crippen LogP contribution in [0.4, 0.5) is 11.6 Å². The average Bonchev–Trinajstić information content (AvgIpc) is 2.82. The van der Waals surface area contributed by atoms with Gasteiger partial charge in [0.15, 0.2) is 9.84 Å². The van der Waals surface area contributed by atoms with Gasteiger partial charge in [-0.15, -0.1) is 0 Å². The Morgan fingerprint density at radius 1 is 1.36 bits per heavy atom. The monoisotopic (exact) mass is 341 g/mol. The Kier molecular flexibility index (Phi) is 4.30. The Balaban J connectivity index is 2.73. The summed E-state index contributed by atoms with van der Waals surface area (Å²) in [7, 11) is -0.0205. The number of nitrogens with zero attached hydrogens (tertiary/aromatic N) is 3. The lowest BCUT2D eigenvalue weighted by Crippen LogP contribution is -2.18. The second-order valence-corrected chi connectivity index (χ2v) is 7.41. The van der Waals surface area contributed by atoms with Crippen molar-refractivity contribution >= 4 is 38.3 Å². The van der Waals surface area contributed by atoms with Crippen molar-refractivity contribution in [2.75, 3.05) is 18.2 Å². The van der Waals surface area contributed by atoms with Crippen LogP contribution in [0.25, 0.3) is 0 Å². The Hall–Kier alpha value is -1.86. The molecule has 6 nitrogen and oxygen atoms in total. The standard InChI is InChI=1S/C14H16ClN3O3S/c1-9-7-11(18(3)14-16-5-6-17(14)2)12(22(4,20)21)8-10(9)13(15)19/h5-8H,1-4H3. The number of halogens is 1. The van der Waals surface area contributed by atoms with Crippen LogP contribution >= 0.6 is 11.6 Å². The lowest BCUT2D eigenvalue weighted by atomic mass is 10.1. The molecule has 2 rings (SSSR count). The van der Waals surface area contributed by atoms with Gasteiger partial charge in [-0.2, -0.15) is 0 Å². The molecule has 0 aliphatic carbocycles. The molecule has 0 aliphatic rings. The number of aryl methyl sites for hydroxylation is 2. The molecule has 0 saturated heterocycles. The van der Waals surface area contributed by atoms with E-state index in [-0.39, 0.29) is 10.5 Å². The predicted octanol–water partition coefficient (Wildman–Crippen LogP) is 2.28. The third-order valence-corrected chi connectivity index (χ3v) is 4.70. The summed E-state index contributed by atoms with van der Waals surface area (Å²) in [6.45, 7) is 1.71. The van der Waals surface area contributed by atoms with Gasteiger partial charge < -0.3 is 9.47 Å².